The Balaban J connectivity index is 0.00000243. The fourth-order valence-corrected chi connectivity index (χ4v) is 3.88. The number of halogens is 2. The fraction of sp³-hybridized carbons (Fsp3) is 0.632. The van der Waals surface area contributed by atoms with Crippen LogP contribution in [0.2, 0.25) is 5.02 Å². The molecule has 2 fully saturated rings. The third-order valence-electron chi connectivity index (χ3n) is 5.40. The minimum atomic E-state index is -0.429. The van der Waals surface area contributed by atoms with Gasteiger partial charge in [0.05, 0.1) is 6.10 Å². The maximum Gasteiger partial charge on any atom is 0.223 e. The second-order valence-corrected chi connectivity index (χ2v) is 7.49. The number of aliphatic hydroxyl groups excluding tert-OH is 1. The first-order chi connectivity index (χ1) is 12.1. The SMILES string of the molecule is Cl.O=C(CCN1CCC(C(O)c2ccc(Cl)cc2)CC1)N1CCNCC1. The molecule has 0 radical (unpaired) electrons. The van der Waals surface area contributed by atoms with Crippen LogP contribution in [-0.4, -0.2) is 66.6 Å². The van der Waals surface area contributed by atoms with Crippen LogP contribution in [-0.2, 0) is 4.79 Å². The molecule has 1 unspecified atom stereocenters. The fourth-order valence-electron chi connectivity index (χ4n) is 3.75. The zero-order chi connectivity index (χ0) is 17.6. The Labute approximate surface area is 167 Å². The molecule has 0 spiro atoms. The Kier molecular flexibility index (Phi) is 8.64. The Bertz CT molecular complexity index is 556. The quantitative estimate of drug-likeness (QED) is 0.794. The lowest BCUT2D eigenvalue weighted by atomic mass is 9.87. The maximum absolute atomic E-state index is 12.2. The van der Waals surface area contributed by atoms with Crippen molar-refractivity contribution < 1.29 is 9.90 Å². The third-order valence-corrected chi connectivity index (χ3v) is 5.65. The number of likely N-dealkylation sites (tertiary alicyclic amines) is 1. The van der Waals surface area contributed by atoms with Crippen molar-refractivity contribution in [2.75, 3.05) is 45.8 Å². The molecule has 1 aromatic carbocycles. The monoisotopic (exact) mass is 401 g/mol. The van der Waals surface area contributed by atoms with Crippen LogP contribution in [0.4, 0.5) is 0 Å². The molecule has 2 heterocycles. The summed E-state index contributed by atoms with van der Waals surface area (Å²) in [5, 5.41) is 14.5. The molecule has 2 aliphatic rings. The average Bonchev–Trinajstić information content (AvgIpc) is 2.67. The number of benzene rings is 1. The summed E-state index contributed by atoms with van der Waals surface area (Å²) >= 11 is 5.91. The number of carbonyl (C=O) groups excluding carboxylic acids is 1. The number of nitrogens with one attached hydrogen (secondary N) is 1. The van der Waals surface area contributed by atoms with E-state index in [4.69, 9.17) is 11.6 Å². The van der Waals surface area contributed by atoms with Crippen molar-refractivity contribution in [3.63, 3.8) is 0 Å². The molecular formula is C19H29Cl2N3O2. The van der Waals surface area contributed by atoms with Gasteiger partial charge in [-0.3, -0.25) is 4.79 Å². The van der Waals surface area contributed by atoms with E-state index < -0.39 is 6.10 Å². The lowest BCUT2D eigenvalue weighted by Crippen LogP contribution is -2.47. The number of piperazine rings is 1. The lowest BCUT2D eigenvalue weighted by Gasteiger charge is -2.35. The van der Waals surface area contributed by atoms with Crippen LogP contribution in [0.1, 0.15) is 30.9 Å². The van der Waals surface area contributed by atoms with Crippen LogP contribution < -0.4 is 5.32 Å². The van der Waals surface area contributed by atoms with Crippen molar-refractivity contribution in [3.05, 3.63) is 34.9 Å². The third kappa shape index (κ3) is 5.83. The number of nitrogens with zero attached hydrogens (tertiary/aromatic N) is 2. The summed E-state index contributed by atoms with van der Waals surface area (Å²) in [5.74, 6) is 0.547. The first-order valence-corrected chi connectivity index (χ1v) is 9.65. The summed E-state index contributed by atoms with van der Waals surface area (Å²) in [5.41, 5.74) is 0.941. The molecule has 2 aliphatic heterocycles. The Hall–Kier alpha value is -0.850. The second-order valence-electron chi connectivity index (χ2n) is 7.06. The molecule has 0 saturated carbocycles. The van der Waals surface area contributed by atoms with Gasteiger partial charge in [-0.1, -0.05) is 23.7 Å². The zero-order valence-corrected chi connectivity index (χ0v) is 16.6. The Morgan fingerprint density at radius 2 is 1.77 bits per heavy atom. The van der Waals surface area contributed by atoms with Crippen molar-refractivity contribution >= 4 is 29.9 Å². The van der Waals surface area contributed by atoms with Gasteiger partial charge in [-0.2, -0.15) is 0 Å². The Morgan fingerprint density at radius 1 is 1.15 bits per heavy atom. The highest BCUT2D eigenvalue weighted by atomic mass is 35.5. The van der Waals surface area contributed by atoms with Crippen molar-refractivity contribution in [1.82, 2.24) is 15.1 Å². The van der Waals surface area contributed by atoms with E-state index in [1.54, 1.807) is 0 Å². The number of rotatable bonds is 5. The van der Waals surface area contributed by atoms with Gasteiger partial charge in [0.15, 0.2) is 0 Å². The maximum atomic E-state index is 12.2. The number of carbonyl (C=O) groups is 1. The number of aliphatic hydroxyl groups is 1. The molecule has 5 nitrogen and oxygen atoms in total. The highest BCUT2D eigenvalue weighted by molar-refractivity contribution is 6.30. The molecule has 3 rings (SSSR count). The molecule has 1 atom stereocenters. The largest absolute Gasteiger partial charge is 0.388 e. The molecule has 26 heavy (non-hydrogen) atoms. The van der Waals surface area contributed by atoms with E-state index in [1.807, 2.05) is 29.2 Å². The van der Waals surface area contributed by atoms with Crippen LogP contribution in [0.25, 0.3) is 0 Å². The number of hydrogen-bond donors (Lipinski definition) is 2. The average molecular weight is 402 g/mol. The molecule has 7 heteroatoms. The van der Waals surface area contributed by atoms with Crippen molar-refractivity contribution in [3.8, 4) is 0 Å². The van der Waals surface area contributed by atoms with Crippen LogP contribution in [0, 0.1) is 5.92 Å². The van der Waals surface area contributed by atoms with Crippen LogP contribution in [0.5, 0.6) is 0 Å². The number of hydrogen-bond acceptors (Lipinski definition) is 4. The normalized spacial score (nSPS) is 20.5. The standard InChI is InChI=1S/C19H28ClN3O2.ClH/c20-17-3-1-15(2-4-17)19(25)16-5-10-22(11-6-16)12-7-18(24)23-13-8-21-9-14-23;/h1-4,16,19,21,25H,5-14H2;1H. The predicted molar refractivity (Wildman–Crippen MR) is 107 cm³/mol. The number of amides is 1. The van der Waals surface area contributed by atoms with E-state index in [0.29, 0.717) is 11.4 Å². The highest BCUT2D eigenvalue weighted by Gasteiger charge is 2.26. The van der Waals surface area contributed by atoms with Crippen molar-refractivity contribution in [2.45, 2.75) is 25.4 Å². The second kappa shape index (κ2) is 10.5. The summed E-state index contributed by atoms with van der Waals surface area (Å²) in [7, 11) is 0. The first kappa shape index (κ1) is 21.5. The van der Waals surface area contributed by atoms with E-state index in [2.05, 4.69) is 10.2 Å². The molecule has 146 valence electrons. The summed E-state index contributed by atoms with van der Waals surface area (Å²) in [4.78, 5) is 16.6. The van der Waals surface area contributed by atoms with E-state index in [1.165, 1.54) is 0 Å². The van der Waals surface area contributed by atoms with Gasteiger partial charge in [0.2, 0.25) is 5.91 Å². The summed E-state index contributed by atoms with van der Waals surface area (Å²) < 4.78 is 0. The molecule has 1 amide bonds. The van der Waals surface area contributed by atoms with E-state index >= 15 is 0 Å². The molecule has 0 aliphatic carbocycles. The van der Waals surface area contributed by atoms with Gasteiger partial charge in [-0.05, 0) is 49.5 Å². The summed E-state index contributed by atoms with van der Waals surface area (Å²) in [6.45, 7) is 6.18. The molecule has 1 aromatic rings. The van der Waals surface area contributed by atoms with Crippen LogP contribution >= 0.6 is 24.0 Å². The van der Waals surface area contributed by atoms with E-state index in [-0.39, 0.29) is 24.2 Å². The van der Waals surface area contributed by atoms with Gasteiger partial charge >= 0.3 is 0 Å². The van der Waals surface area contributed by atoms with Crippen molar-refractivity contribution in [1.29, 1.82) is 0 Å². The molecule has 0 aromatic heterocycles. The molecular weight excluding hydrogens is 373 g/mol. The number of piperidine rings is 1. The van der Waals surface area contributed by atoms with Gasteiger partial charge in [0.1, 0.15) is 0 Å². The molecule has 2 N–H and O–H groups in total. The van der Waals surface area contributed by atoms with E-state index in [0.717, 1.165) is 64.2 Å². The smallest absolute Gasteiger partial charge is 0.223 e. The topological polar surface area (TPSA) is 55.8 Å². The summed E-state index contributed by atoms with van der Waals surface area (Å²) in [6.07, 6.45) is 2.10. The molecule has 0 bridgehead atoms. The van der Waals surface area contributed by atoms with E-state index in [9.17, 15) is 9.90 Å². The summed E-state index contributed by atoms with van der Waals surface area (Å²) in [6, 6.07) is 7.48. The van der Waals surface area contributed by atoms with Crippen LogP contribution in [0.3, 0.4) is 0 Å². The Morgan fingerprint density at radius 3 is 2.38 bits per heavy atom. The molecule has 2 saturated heterocycles. The van der Waals surface area contributed by atoms with Gasteiger partial charge in [-0.15, -0.1) is 12.4 Å². The lowest BCUT2D eigenvalue weighted by molar-refractivity contribution is -0.132. The zero-order valence-electron chi connectivity index (χ0n) is 15.1. The van der Waals surface area contributed by atoms with Crippen LogP contribution in [0.15, 0.2) is 24.3 Å². The first-order valence-electron chi connectivity index (χ1n) is 9.28. The predicted octanol–water partition coefficient (Wildman–Crippen LogP) is 2.33. The van der Waals surface area contributed by atoms with Gasteiger partial charge in [0, 0.05) is 44.2 Å². The highest BCUT2D eigenvalue weighted by Crippen LogP contribution is 2.31. The van der Waals surface area contributed by atoms with Gasteiger partial charge in [0.25, 0.3) is 0 Å². The minimum Gasteiger partial charge on any atom is -0.388 e. The van der Waals surface area contributed by atoms with Crippen molar-refractivity contribution in [2.24, 2.45) is 5.92 Å². The minimum absolute atomic E-state index is 0. The van der Waals surface area contributed by atoms with Gasteiger partial charge < -0.3 is 20.2 Å². The van der Waals surface area contributed by atoms with Gasteiger partial charge in [-0.25, -0.2) is 0 Å².